The molecule has 0 saturated carbocycles. The highest BCUT2D eigenvalue weighted by atomic mass is 16.5. The summed E-state index contributed by atoms with van der Waals surface area (Å²) in [5, 5.41) is 0. The molecule has 0 N–H and O–H groups in total. The molecule has 0 aromatic heterocycles. The van der Waals surface area contributed by atoms with E-state index in [9.17, 15) is 0 Å². The van der Waals surface area contributed by atoms with Crippen LogP contribution < -0.4 is 4.74 Å². The molecule has 4 rings (SSSR count). The lowest BCUT2D eigenvalue weighted by Crippen LogP contribution is -2.33. The average Bonchev–Trinajstić information content (AvgIpc) is 2.72. The van der Waals surface area contributed by atoms with Gasteiger partial charge in [0.15, 0.2) is 0 Å². The Morgan fingerprint density at radius 3 is 2.52 bits per heavy atom. The van der Waals surface area contributed by atoms with Gasteiger partial charge in [0.2, 0.25) is 0 Å². The van der Waals surface area contributed by atoms with Gasteiger partial charge < -0.3 is 4.74 Å². The fraction of sp³-hybridized carbons (Fsp3) is 0.500. The van der Waals surface area contributed by atoms with Crippen LogP contribution in [-0.4, -0.2) is 49.6 Å². The molecule has 1 unspecified atom stereocenters. The molecule has 2 heterocycles. The van der Waals surface area contributed by atoms with Crippen molar-refractivity contribution >= 4 is 0 Å². The summed E-state index contributed by atoms with van der Waals surface area (Å²) in [6, 6.07) is 18.1. The van der Waals surface area contributed by atoms with Crippen molar-refractivity contribution in [1.82, 2.24) is 9.80 Å². The zero-order valence-corrected chi connectivity index (χ0v) is 16.6. The van der Waals surface area contributed by atoms with Gasteiger partial charge in [0, 0.05) is 19.1 Å². The summed E-state index contributed by atoms with van der Waals surface area (Å²) in [6.45, 7) is 5.44. The minimum atomic E-state index is 0.473. The van der Waals surface area contributed by atoms with Crippen LogP contribution in [0.1, 0.15) is 42.0 Å². The summed E-state index contributed by atoms with van der Waals surface area (Å²) in [4.78, 5) is 5.01. The number of likely N-dealkylation sites (N-methyl/N-ethyl adjacent to an activating group) is 1. The van der Waals surface area contributed by atoms with Gasteiger partial charge in [0.05, 0.1) is 0 Å². The first-order valence-corrected chi connectivity index (χ1v) is 10.5. The predicted molar refractivity (Wildman–Crippen MR) is 111 cm³/mol. The van der Waals surface area contributed by atoms with Gasteiger partial charge in [0.1, 0.15) is 12.4 Å². The van der Waals surface area contributed by atoms with Crippen LogP contribution >= 0.6 is 0 Å². The molecule has 3 heteroatoms. The molecule has 1 fully saturated rings. The fourth-order valence-electron chi connectivity index (χ4n) is 4.46. The van der Waals surface area contributed by atoms with E-state index in [-0.39, 0.29) is 0 Å². The third-order valence-electron chi connectivity index (χ3n) is 6.16. The second-order valence-electron chi connectivity index (χ2n) is 8.04. The first-order valence-electron chi connectivity index (χ1n) is 10.5. The van der Waals surface area contributed by atoms with E-state index in [4.69, 9.17) is 4.74 Å². The van der Waals surface area contributed by atoms with Crippen molar-refractivity contribution in [1.29, 1.82) is 0 Å². The molecule has 2 aliphatic heterocycles. The number of nitrogens with zero attached hydrogens (tertiary/aromatic N) is 2. The molecule has 2 aromatic carbocycles. The summed E-state index contributed by atoms with van der Waals surface area (Å²) in [7, 11) is 2.25. The van der Waals surface area contributed by atoms with Crippen LogP contribution in [0.4, 0.5) is 0 Å². The molecular formula is C24H32N2O. The number of ether oxygens (including phenoxy) is 1. The Morgan fingerprint density at radius 1 is 0.926 bits per heavy atom. The second kappa shape index (κ2) is 8.90. The highest BCUT2D eigenvalue weighted by Crippen LogP contribution is 2.31. The molecule has 27 heavy (non-hydrogen) atoms. The summed E-state index contributed by atoms with van der Waals surface area (Å²) in [5.74, 6) is 0.994. The fourth-order valence-corrected chi connectivity index (χ4v) is 4.46. The SMILES string of the molecule is CN1CCc2ccccc2C1Cc1ccc(OCCN2CCCCC2)cc1. The number of hydrogen-bond acceptors (Lipinski definition) is 3. The van der Waals surface area contributed by atoms with Gasteiger partial charge in [-0.2, -0.15) is 0 Å². The molecule has 0 amide bonds. The largest absolute Gasteiger partial charge is 0.492 e. The van der Waals surface area contributed by atoms with Crippen LogP contribution in [0.2, 0.25) is 0 Å². The van der Waals surface area contributed by atoms with E-state index >= 15 is 0 Å². The lowest BCUT2D eigenvalue weighted by Gasteiger charge is -2.34. The van der Waals surface area contributed by atoms with Crippen LogP contribution in [0.5, 0.6) is 5.75 Å². The Hall–Kier alpha value is -1.84. The molecule has 3 nitrogen and oxygen atoms in total. The van der Waals surface area contributed by atoms with Crippen LogP contribution in [0.25, 0.3) is 0 Å². The molecule has 0 aliphatic carbocycles. The highest BCUT2D eigenvalue weighted by molar-refractivity contribution is 5.35. The maximum Gasteiger partial charge on any atom is 0.119 e. The topological polar surface area (TPSA) is 15.7 Å². The van der Waals surface area contributed by atoms with Crippen LogP contribution in [0.15, 0.2) is 48.5 Å². The summed E-state index contributed by atoms with van der Waals surface area (Å²) < 4.78 is 5.98. The molecule has 1 atom stereocenters. The Balaban J connectivity index is 1.32. The molecular weight excluding hydrogens is 332 g/mol. The van der Waals surface area contributed by atoms with Gasteiger partial charge in [0.25, 0.3) is 0 Å². The van der Waals surface area contributed by atoms with Crippen molar-refractivity contribution in [3.8, 4) is 5.75 Å². The monoisotopic (exact) mass is 364 g/mol. The molecule has 144 valence electrons. The van der Waals surface area contributed by atoms with Crippen molar-refractivity contribution in [3.63, 3.8) is 0 Å². The maximum absolute atomic E-state index is 5.98. The summed E-state index contributed by atoms with van der Waals surface area (Å²) in [6.07, 6.45) is 6.29. The quantitative estimate of drug-likeness (QED) is 0.759. The van der Waals surface area contributed by atoms with E-state index < -0.39 is 0 Å². The second-order valence-corrected chi connectivity index (χ2v) is 8.04. The van der Waals surface area contributed by atoms with Crippen molar-refractivity contribution in [2.45, 2.75) is 38.1 Å². The zero-order valence-electron chi connectivity index (χ0n) is 16.6. The number of piperidine rings is 1. The van der Waals surface area contributed by atoms with Crippen molar-refractivity contribution in [2.75, 3.05) is 39.8 Å². The van der Waals surface area contributed by atoms with Crippen LogP contribution in [0.3, 0.4) is 0 Å². The molecule has 0 radical (unpaired) electrons. The average molecular weight is 365 g/mol. The van der Waals surface area contributed by atoms with Crippen LogP contribution in [-0.2, 0) is 12.8 Å². The number of rotatable bonds is 6. The zero-order chi connectivity index (χ0) is 18.5. The van der Waals surface area contributed by atoms with E-state index in [0.29, 0.717) is 6.04 Å². The van der Waals surface area contributed by atoms with Crippen LogP contribution in [0, 0.1) is 0 Å². The molecule has 1 saturated heterocycles. The van der Waals surface area contributed by atoms with Crippen molar-refractivity contribution in [2.24, 2.45) is 0 Å². The van der Waals surface area contributed by atoms with E-state index in [1.165, 1.54) is 49.0 Å². The molecule has 0 bridgehead atoms. The van der Waals surface area contributed by atoms with Gasteiger partial charge in [-0.1, -0.05) is 42.8 Å². The Morgan fingerprint density at radius 2 is 1.70 bits per heavy atom. The molecule has 2 aliphatic rings. The lowest BCUT2D eigenvalue weighted by molar-refractivity contribution is 0.183. The third kappa shape index (κ3) is 4.72. The first kappa shape index (κ1) is 18.5. The van der Waals surface area contributed by atoms with Gasteiger partial charge in [-0.25, -0.2) is 0 Å². The predicted octanol–water partition coefficient (Wildman–Crippen LogP) is 4.32. The normalized spacial score (nSPS) is 21.0. The molecule has 0 spiro atoms. The lowest BCUT2D eigenvalue weighted by atomic mass is 9.89. The van der Waals surface area contributed by atoms with E-state index in [0.717, 1.165) is 38.3 Å². The smallest absolute Gasteiger partial charge is 0.119 e. The molecule has 2 aromatic rings. The van der Waals surface area contributed by atoms with E-state index in [1.807, 2.05) is 0 Å². The first-order chi connectivity index (χ1) is 13.3. The maximum atomic E-state index is 5.98. The standard InChI is InChI=1S/C24H32N2O/c1-25-16-13-21-7-3-4-8-23(21)24(25)19-20-9-11-22(12-10-20)27-18-17-26-14-5-2-6-15-26/h3-4,7-12,24H,2,5-6,13-19H2,1H3. The van der Waals surface area contributed by atoms with Crippen molar-refractivity contribution in [3.05, 3.63) is 65.2 Å². The number of benzene rings is 2. The summed E-state index contributed by atoms with van der Waals surface area (Å²) in [5.41, 5.74) is 4.39. The Bertz CT molecular complexity index is 721. The van der Waals surface area contributed by atoms with Gasteiger partial charge in [-0.15, -0.1) is 0 Å². The van der Waals surface area contributed by atoms with E-state index in [2.05, 4.69) is 65.4 Å². The third-order valence-corrected chi connectivity index (χ3v) is 6.16. The Labute approximate surface area is 163 Å². The van der Waals surface area contributed by atoms with Crippen molar-refractivity contribution < 1.29 is 4.74 Å². The highest BCUT2D eigenvalue weighted by Gasteiger charge is 2.24. The number of fused-ring (bicyclic) bond motifs is 1. The number of likely N-dealkylation sites (tertiary alicyclic amines) is 1. The minimum absolute atomic E-state index is 0.473. The van der Waals surface area contributed by atoms with E-state index in [1.54, 1.807) is 0 Å². The van der Waals surface area contributed by atoms with Gasteiger partial charge >= 0.3 is 0 Å². The van der Waals surface area contributed by atoms with Gasteiger partial charge in [-0.05, 0) is 74.6 Å². The summed E-state index contributed by atoms with van der Waals surface area (Å²) >= 11 is 0. The minimum Gasteiger partial charge on any atom is -0.492 e. The Kier molecular flexibility index (Phi) is 6.10. The van der Waals surface area contributed by atoms with Gasteiger partial charge in [-0.3, -0.25) is 9.80 Å². The number of hydrogen-bond donors (Lipinski definition) is 0.